The van der Waals surface area contributed by atoms with E-state index in [4.69, 9.17) is 5.73 Å². The van der Waals surface area contributed by atoms with Crippen molar-refractivity contribution in [2.75, 3.05) is 19.6 Å². The quantitative estimate of drug-likeness (QED) is 0.906. The van der Waals surface area contributed by atoms with Gasteiger partial charge in [0.2, 0.25) is 0 Å². The molecule has 2 N–H and O–H groups in total. The fraction of sp³-hybridized carbons (Fsp3) is 0.688. The molecule has 106 valence electrons. The van der Waals surface area contributed by atoms with Gasteiger partial charge in [0.05, 0.1) is 0 Å². The topological polar surface area (TPSA) is 42.1 Å². The number of likely N-dealkylation sites (tertiary alicyclic amines) is 1. The van der Waals surface area contributed by atoms with Crippen LogP contribution in [0.2, 0.25) is 0 Å². The van der Waals surface area contributed by atoms with Crippen molar-refractivity contribution in [3.63, 3.8) is 0 Å². The minimum atomic E-state index is 0.329. The van der Waals surface area contributed by atoms with Crippen molar-refractivity contribution >= 4 is 0 Å². The zero-order valence-corrected chi connectivity index (χ0v) is 12.5. The molecule has 0 saturated carbocycles. The maximum absolute atomic E-state index is 6.04. The minimum Gasteiger partial charge on any atom is -0.329 e. The number of piperidine rings is 1. The van der Waals surface area contributed by atoms with Crippen LogP contribution in [0.4, 0.5) is 0 Å². The third kappa shape index (κ3) is 3.15. The van der Waals surface area contributed by atoms with Crippen LogP contribution in [0.25, 0.3) is 0 Å². The summed E-state index contributed by atoms with van der Waals surface area (Å²) in [4.78, 5) is 6.81. The normalized spacial score (nSPS) is 21.3. The summed E-state index contributed by atoms with van der Waals surface area (Å²) in [5, 5.41) is 0. The second-order valence-electron chi connectivity index (χ2n) is 6.18. The summed E-state index contributed by atoms with van der Waals surface area (Å²) in [6.07, 6.45) is 7.68. The summed E-state index contributed by atoms with van der Waals surface area (Å²) in [6.45, 7) is 9.86. The Labute approximate surface area is 117 Å². The summed E-state index contributed by atoms with van der Waals surface area (Å²) in [5.74, 6) is 0. The molecule has 0 radical (unpaired) electrons. The second kappa shape index (κ2) is 6.02. The van der Waals surface area contributed by atoms with E-state index in [9.17, 15) is 0 Å². The number of aryl methyl sites for hydroxylation is 1. The Hall–Kier alpha value is -0.930. The van der Waals surface area contributed by atoms with E-state index in [0.717, 1.165) is 13.1 Å². The SMILES string of the molecule is CCC1(C)CCN(C(CN)c2cnccc2C)CC1. The fourth-order valence-electron chi connectivity index (χ4n) is 3.03. The smallest absolute Gasteiger partial charge is 0.0488 e. The standard InChI is InChI=1S/C16H27N3/c1-4-16(3)6-9-19(10-7-16)15(11-17)14-12-18-8-5-13(14)2/h5,8,12,15H,4,6-7,9-11,17H2,1-3H3. The third-order valence-corrected chi connectivity index (χ3v) is 4.96. The Bertz CT molecular complexity index is 408. The predicted molar refractivity (Wildman–Crippen MR) is 80.0 cm³/mol. The van der Waals surface area contributed by atoms with E-state index in [1.807, 2.05) is 12.4 Å². The van der Waals surface area contributed by atoms with Crippen LogP contribution in [0.5, 0.6) is 0 Å². The van der Waals surface area contributed by atoms with Crippen LogP contribution in [-0.4, -0.2) is 29.5 Å². The molecule has 0 bridgehead atoms. The molecule has 0 aliphatic carbocycles. The molecule has 1 aromatic heterocycles. The molecule has 0 amide bonds. The van der Waals surface area contributed by atoms with E-state index < -0.39 is 0 Å². The lowest BCUT2D eigenvalue weighted by molar-refractivity contribution is 0.0826. The van der Waals surface area contributed by atoms with E-state index in [1.54, 1.807) is 0 Å². The molecule has 3 heteroatoms. The molecular weight excluding hydrogens is 234 g/mol. The molecule has 0 spiro atoms. The molecule has 0 aromatic carbocycles. The van der Waals surface area contributed by atoms with E-state index in [1.165, 1.54) is 30.4 Å². The molecule has 1 aliphatic rings. The maximum Gasteiger partial charge on any atom is 0.0488 e. The van der Waals surface area contributed by atoms with Gasteiger partial charge in [0.25, 0.3) is 0 Å². The van der Waals surface area contributed by atoms with Gasteiger partial charge < -0.3 is 5.73 Å². The average molecular weight is 261 g/mol. The molecule has 1 aromatic rings. The molecular formula is C16H27N3. The van der Waals surface area contributed by atoms with Crippen molar-refractivity contribution in [1.82, 2.24) is 9.88 Å². The van der Waals surface area contributed by atoms with Crippen LogP contribution in [0.3, 0.4) is 0 Å². The van der Waals surface area contributed by atoms with Gasteiger partial charge in [0.15, 0.2) is 0 Å². The highest BCUT2D eigenvalue weighted by Crippen LogP contribution is 2.36. The molecule has 19 heavy (non-hydrogen) atoms. The van der Waals surface area contributed by atoms with Crippen LogP contribution >= 0.6 is 0 Å². The number of hydrogen-bond donors (Lipinski definition) is 1. The van der Waals surface area contributed by atoms with Crippen molar-refractivity contribution < 1.29 is 0 Å². The predicted octanol–water partition coefficient (Wildman–Crippen LogP) is 2.90. The van der Waals surface area contributed by atoms with Gasteiger partial charge >= 0.3 is 0 Å². The molecule has 1 fully saturated rings. The van der Waals surface area contributed by atoms with Gasteiger partial charge in [-0.3, -0.25) is 9.88 Å². The van der Waals surface area contributed by atoms with Crippen molar-refractivity contribution in [1.29, 1.82) is 0 Å². The maximum atomic E-state index is 6.04. The van der Waals surface area contributed by atoms with Crippen molar-refractivity contribution in [3.05, 3.63) is 29.6 Å². The van der Waals surface area contributed by atoms with Gasteiger partial charge in [0, 0.05) is 25.0 Å². The number of hydrogen-bond acceptors (Lipinski definition) is 3. The first-order valence-electron chi connectivity index (χ1n) is 7.44. The summed E-state index contributed by atoms with van der Waals surface area (Å²) in [7, 11) is 0. The zero-order valence-electron chi connectivity index (χ0n) is 12.5. The first-order valence-corrected chi connectivity index (χ1v) is 7.44. The van der Waals surface area contributed by atoms with E-state index in [-0.39, 0.29) is 0 Å². The lowest BCUT2D eigenvalue weighted by Gasteiger charge is -2.42. The highest BCUT2D eigenvalue weighted by molar-refractivity contribution is 5.25. The molecule has 1 atom stereocenters. The lowest BCUT2D eigenvalue weighted by atomic mass is 9.77. The molecule has 3 nitrogen and oxygen atoms in total. The average Bonchev–Trinajstić information content (AvgIpc) is 2.44. The highest BCUT2D eigenvalue weighted by atomic mass is 15.2. The Morgan fingerprint density at radius 1 is 1.42 bits per heavy atom. The summed E-state index contributed by atoms with van der Waals surface area (Å²) >= 11 is 0. The first-order chi connectivity index (χ1) is 9.09. The monoisotopic (exact) mass is 261 g/mol. The Kier molecular flexibility index (Phi) is 4.58. The molecule has 2 rings (SSSR count). The molecule has 1 aliphatic heterocycles. The van der Waals surface area contributed by atoms with Gasteiger partial charge in [0.1, 0.15) is 0 Å². The summed E-state index contributed by atoms with van der Waals surface area (Å²) < 4.78 is 0. The largest absolute Gasteiger partial charge is 0.329 e. The summed E-state index contributed by atoms with van der Waals surface area (Å²) in [6, 6.07) is 2.41. The van der Waals surface area contributed by atoms with Crippen LogP contribution < -0.4 is 5.73 Å². The first kappa shape index (κ1) is 14.5. The summed E-state index contributed by atoms with van der Waals surface area (Å²) in [5.41, 5.74) is 9.16. The van der Waals surface area contributed by atoms with E-state index >= 15 is 0 Å². The van der Waals surface area contributed by atoms with Crippen LogP contribution in [-0.2, 0) is 0 Å². The van der Waals surface area contributed by atoms with Gasteiger partial charge in [-0.2, -0.15) is 0 Å². The second-order valence-corrected chi connectivity index (χ2v) is 6.18. The number of aromatic nitrogens is 1. The van der Waals surface area contributed by atoms with Gasteiger partial charge in [-0.1, -0.05) is 20.3 Å². The van der Waals surface area contributed by atoms with Crippen molar-refractivity contribution in [3.8, 4) is 0 Å². The van der Waals surface area contributed by atoms with Crippen molar-refractivity contribution in [2.24, 2.45) is 11.1 Å². The van der Waals surface area contributed by atoms with Crippen LogP contribution in [0.1, 0.15) is 50.3 Å². The van der Waals surface area contributed by atoms with Crippen LogP contribution in [0.15, 0.2) is 18.5 Å². The van der Waals surface area contributed by atoms with Crippen LogP contribution in [0, 0.1) is 12.3 Å². The van der Waals surface area contributed by atoms with Crippen molar-refractivity contribution in [2.45, 2.75) is 46.1 Å². The Morgan fingerprint density at radius 2 is 2.11 bits per heavy atom. The van der Waals surface area contributed by atoms with Gasteiger partial charge in [-0.25, -0.2) is 0 Å². The Balaban J connectivity index is 2.10. The van der Waals surface area contributed by atoms with Gasteiger partial charge in [-0.05, 0) is 55.5 Å². The number of nitrogens with two attached hydrogens (primary N) is 1. The third-order valence-electron chi connectivity index (χ3n) is 4.96. The molecule has 2 heterocycles. The molecule has 1 saturated heterocycles. The Morgan fingerprint density at radius 3 is 2.63 bits per heavy atom. The lowest BCUT2D eigenvalue weighted by Crippen LogP contribution is -2.43. The minimum absolute atomic E-state index is 0.329. The molecule has 1 unspecified atom stereocenters. The fourth-order valence-corrected chi connectivity index (χ4v) is 3.03. The zero-order chi connectivity index (χ0) is 13.9. The van der Waals surface area contributed by atoms with E-state index in [2.05, 4.69) is 36.7 Å². The van der Waals surface area contributed by atoms with Gasteiger partial charge in [-0.15, -0.1) is 0 Å². The highest BCUT2D eigenvalue weighted by Gasteiger charge is 2.31. The number of rotatable bonds is 4. The number of pyridine rings is 1. The van der Waals surface area contributed by atoms with E-state index in [0.29, 0.717) is 18.0 Å². The number of nitrogens with zero attached hydrogens (tertiary/aromatic N) is 2.